The molecule has 0 atom stereocenters. The molecule has 3 N–H and O–H groups in total. The minimum Gasteiger partial charge on any atom is -0.345 e. The molecule has 1 amide bonds. The van der Waals surface area contributed by atoms with Crippen LogP contribution in [0, 0.1) is 12.3 Å². The van der Waals surface area contributed by atoms with Crippen LogP contribution in [0.2, 0.25) is 0 Å². The van der Waals surface area contributed by atoms with Gasteiger partial charge in [0.05, 0.1) is 0 Å². The Balaban J connectivity index is 3.06. The zero-order chi connectivity index (χ0) is 7.82. The summed E-state index contributed by atoms with van der Waals surface area (Å²) in [5, 5.41) is 2.54. The maximum atomic E-state index is 10.4. The SMILES string of the molecule is C#CC(=O)NCCCCN. The molecule has 0 aromatic heterocycles. The predicted octanol–water partition coefficient (Wildman–Crippen LogP) is -0.525. The van der Waals surface area contributed by atoms with Crippen molar-refractivity contribution in [2.45, 2.75) is 12.8 Å². The number of hydrogen-bond donors (Lipinski definition) is 2. The van der Waals surface area contributed by atoms with Gasteiger partial charge in [-0.3, -0.25) is 4.79 Å². The normalized spacial score (nSPS) is 8.40. The third-order valence-corrected chi connectivity index (χ3v) is 1.05. The first-order valence-electron chi connectivity index (χ1n) is 3.25. The minimum atomic E-state index is -0.350. The lowest BCUT2D eigenvalue weighted by Crippen LogP contribution is -2.22. The first-order chi connectivity index (χ1) is 4.81. The van der Waals surface area contributed by atoms with E-state index in [2.05, 4.69) is 5.32 Å². The van der Waals surface area contributed by atoms with E-state index in [1.165, 1.54) is 0 Å². The monoisotopic (exact) mass is 140 g/mol. The van der Waals surface area contributed by atoms with E-state index in [0.717, 1.165) is 12.8 Å². The van der Waals surface area contributed by atoms with Gasteiger partial charge in [-0.2, -0.15) is 0 Å². The number of hydrogen-bond acceptors (Lipinski definition) is 2. The summed E-state index contributed by atoms with van der Waals surface area (Å²) in [6, 6.07) is 0. The zero-order valence-corrected chi connectivity index (χ0v) is 5.89. The van der Waals surface area contributed by atoms with E-state index in [1.807, 2.05) is 5.92 Å². The standard InChI is InChI=1S/C7H12N2O/c1-2-7(10)9-6-4-3-5-8/h1H,3-6,8H2,(H,9,10). The molecule has 3 heteroatoms. The van der Waals surface area contributed by atoms with Crippen LogP contribution < -0.4 is 11.1 Å². The summed E-state index contributed by atoms with van der Waals surface area (Å²) in [4.78, 5) is 10.4. The summed E-state index contributed by atoms with van der Waals surface area (Å²) in [5.74, 6) is 1.61. The van der Waals surface area contributed by atoms with Crippen molar-refractivity contribution in [3.63, 3.8) is 0 Å². The molecule has 0 aromatic rings. The fourth-order valence-corrected chi connectivity index (χ4v) is 0.522. The summed E-state index contributed by atoms with van der Waals surface area (Å²) < 4.78 is 0. The van der Waals surface area contributed by atoms with Crippen molar-refractivity contribution >= 4 is 5.91 Å². The van der Waals surface area contributed by atoms with Gasteiger partial charge in [-0.25, -0.2) is 0 Å². The molecule has 0 aromatic carbocycles. The van der Waals surface area contributed by atoms with Crippen molar-refractivity contribution in [1.29, 1.82) is 0 Å². The maximum absolute atomic E-state index is 10.4. The van der Waals surface area contributed by atoms with E-state index in [4.69, 9.17) is 12.2 Å². The molecule has 0 unspecified atom stereocenters. The van der Waals surface area contributed by atoms with E-state index < -0.39 is 0 Å². The molecule has 0 aliphatic carbocycles. The number of unbranched alkanes of at least 4 members (excludes halogenated alkanes) is 1. The van der Waals surface area contributed by atoms with E-state index in [-0.39, 0.29) is 5.91 Å². The number of nitrogens with two attached hydrogens (primary N) is 1. The molecule has 0 saturated heterocycles. The molecule has 0 fully saturated rings. The number of terminal acetylenes is 1. The van der Waals surface area contributed by atoms with E-state index in [1.54, 1.807) is 0 Å². The van der Waals surface area contributed by atoms with Crippen LogP contribution in [0.4, 0.5) is 0 Å². The molecule has 0 spiro atoms. The second kappa shape index (κ2) is 6.12. The number of carbonyl (C=O) groups excluding carboxylic acids is 1. The van der Waals surface area contributed by atoms with Crippen molar-refractivity contribution in [3.8, 4) is 12.3 Å². The van der Waals surface area contributed by atoms with Crippen LogP contribution in [0.1, 0.15) is 12.8 Å². The van der Waals surface area contributed by atoms with Crippen LogP contribution in [-0.2, 0) is 4.79 Å². The Kier molecular flexibility index (Phi) is 5.50. The molecule has 0 aliphatic rings. The van der Waals surface area contributed by atoms with Crippen molar-refractivity contribution in [2.75, 3.05) is 13.1 Å². The molecular formula is C7H12N2O. The van der Waals surface area contributed by atoms with Gasteiger partial charge in [0, 0.05) is 6.54 Å². The van der Waals surface area contributed by atoms with Crippen LogP contribution in [-0.4, -0.2) is 19.0 Å². The molecule has 0 aliphatic heterocycles. The maximum Gasteiger partial charge on any atom is 0.295 e. The number of rotatable bonds is 4. The summed E-state index contributed by atoms with van der Waals surface area (Å²) in [6.07, 6.45) is 6.61. The van der Waals surface area contributed by atoms with Gasteiger partial charge < -0.3 is 11.1 Å². The highest BCUT2D eigenvalue weighted by Gasteiger charge is 1.91. The van der Waals surface area contributed by atoms with Gasteiger partial charge in [0.1, 0.15) is 0 Å². The largest absolute Gasteiger partial charge is 0.345 e. The Morgan fingerprint density at radius 2 is 2.30 bits per heavy atom. The summed E-state index contributed by atoms with van der Waals surface area (Å²) in [7, 11) is 0. The van der Waals surface area contributed by atoms with Gasteiger partial charge in [-0.1, -0.05) is 0 Å². The minimum absolute atomic E-state index is 0.350. The van der Waals surface area contributed by atoms with Gasteiger partial charge in [-0.05, 0) is 25.3 Å². The van der Waals surface area contributed by atoms with Crippen LogP contribution in [0.3, 0.4) is 0 Å². The smallest absolute Gasteiger partial charge is 0.295 e. The first kappa shape index (κ1) is 8.99. The summed E-state index contributed by atoms with van der Waals surface area (Å²) in [5.41, 5.74) is 5.22. The Bertz CT molecular complexity index is 137. The molecule has 0 saturated carbocycles. The lowest BCUT2D eigenvalue weighted by molar-refractivity contribution is -0.115. The molecule has 56 valence electrons. The highest BCUT2D eigenvalue weighted by molar-refractivity contribution is 5.92. The molecule has 10 heavy (non-hydrogen) atoms. The Morgan fingerprint density at radius 1 is 1.60 bits per heavy atom. The Hall–Kier alpha value is -1.01. The average Bonchev–Trinajstić information content (AvgIpc) is 1.98. The number of amides is 1. The quantitative estimate of drug-likeness (QED) is 0.407. The van der Waals surface area contributed by atoms with Gasteiger partial charge >= 0.3 is 0 Å². The lowest BCUT2D eigenvalue weighted by Gasteiger charge is -1.97. The average molecular weight is 140 g/mol. The van der Waals surface area contributed by atoms with Crippen molar-refractivity contribution in [3.05, 3.63) is 0 Å². The van der Waals surface area contributed by atoms with Crippen LogP contribution in [0.15, 0.2) is 0 Å². The molecule has 0 heterocycles. The molecular weight excluding hydrogens is 128 g/mol. The first-order valence-corrected chi connectivity index (χ1v) is 3.25. The van der Waals surface area contributed by atoms with Crippen molar-refractivity contribution in [2.24, 2.45) is 5.73 Å². The topological polar surface area (TPSA) is 55.1 Å². The Morgan fingerprint density at radius 3 is 2.80 bits per heavy atom. The summed E-state index contributed by atoms with van der Waals surface area (Å²) >= 11 is 0. The van der Waals surface area contributed by atoms with Gasteiger partial charge in [0.25, 0.3) is 5.91 Å². The fourth-order valence-electron chi connectivity index (χ4n) is 0.522. The highest BCUT2D eigenvalue weighted by Crippen LogP contribution is 1.81. The zero-order valence-electron chi connectivity index (χ0n) is 5.89. The van der Waals surface area contributed by atoms with Gasteiger partial charge in [-0.15, -0.1) is 6.42 Å². The third kappa shape index (κ3) is 5.13. The van der Waals surface area contributed by atoms with Crippen LogP contribution in [0.5, 0.6) is 0 Å². The van der Waals surface area contributed by atoms with Crippen molar-refractivity contribution < 1.29 is 4.79 Å². The van der Waals surface area contributed by atoms with Crippen LogP contribution in [0.25, 0.3) is 0 Å². The fraction of sp³-hybridized carbons (Fsp3) is 0.571. The van der Waals surface area contributed by atoms with E-state index in [9.17, 15) is 4.79 Å². The lowest BCUT2D eigenvalue weighted by atomic mass is 10.3. The van der Waals surface area contributed by atoms with Gasteiger partial charge in [0.2, 0.25) is 0 Å². The third-order valence-electron chi connectivity index (χ3n) is 1.05. The highest BCUT2D eigenvalue weighted by atomic mass is 16.1. The van der Waals surface area contributed by atoms with Crippen molar-refractivity contribution in [1.82, 2.24) is 5.32 Å². The summed E-state index contributed by atoms with van der Waals surface area (Å²) in [6.45, 7) is 1.28. The molecule has 0 rings (SSSR count). The van der Waals surface area contributed by atoms with E-state index in [0.29, 0.717) is 13.1 Å². The Labute approximate surface area is 61.0 Å². The predicted molar refractivity (Wildman–Crippen MR) is 40.1 cm³/mol. The second-order valence-corrected chi connectivity index (χ2v) is 1.90. The van der Waals surface area contributed by atoms with Crippen LogP contribution >= 0.6 is 0 Å². The number of carbonyl (C=O) groups is 1. The van der Waals surface area contributed by atoms with E-state index >= 15 is 0 Å². The molecule has 0 radical (unpaired) electrons. The molecule has 3 nitrogen and oxygen atoms in total. The van der Waals surface area contributed by atoms with Gasteiger partial charge in [0.15, 0.2) is 0 Å². The molecule has 0 bridgehead atoms. The number of nitrogens with one attached hydrogen (secondary N) is 1. The second-order valence-electron chi connectivity index (χ2n) is 1.90.